The lowest BCUT2D eigenvalue weighted by molar-refractivity contribution is -0.137. The van der Waals surface area contributed by atoms with E-state index in [4.69, 9.17) is 16.3 Å². The number of aliphatic hydroxyl groups excluding tert-OH is 1. The zero-order valence-corrected chi connectivity index (χ0v) is 17.1. The molecule has 0 bridgehead atoms. The van der Waals surface area contributed by atoms with Gasteiger partial charge in [-0.2, -0.15) is 13.2 Å². The number of aryl methyl sites for hydroxylation is 1. The molecule has 1 aliphatic rings. The van der Waals surface area contributed by atoms with Crippen LogP contribution in [0.5, 0.6) is 0 Å². The number of carbonyl (C=O) groups excluding carboxylic acids is 1. The largest absolute Gasteiger partial charge is 0.441 e. The van der Waals surface area contributed by atoms with Gasteiger partial charge in [0, 0.05) is 23.8 Å². The van der Waals surface area contributed by atoms with Crippen molar-refractivity contribution in [1.29, 1.82) is 0 Å². The van der Waals surface area contributed by atoms with Gasteiger partial charge in [0.25, 0.3) is 0 Å². The van der Waals surface area contributed by atoms with E-state index in [1.807, 2.05) is 0 Å². The Kier molecular flexibility index (Phi) is 5.55. The number of hydrogen-bond donors (Lipinski definition) is 1. The topological polar surface area (TPSA) is 80.5 Å². The van der Waals surface area contributed by atoms with Gasteiger partial charge in [0.15, 0.2) is 6.10 Å². The van der Waals surface area contributed by atoms with Crippen LogP contribution in [0, 0.1) is 12.7 Å². The van der Waals surface area contributed by atoms with Crippen molar-refractivity contribution in [2.24, 2.45) is 0 Å². The highest BCUT2D eigenvalue weighted by molar-refractivity contribution is 6.30. The number of hydrogen-bond acceptors (Lipinski definition) is 5. The molecule has 168 valence electrons. The van der Waals surface area contributed by atoms with Gasteiger partial charge in [-0.05, 0) is 37.3 Å². The van der Waals surface area contributed by atoms with Gasteiger partial charge < -0.3 is 14.4 Å². The lowest BCUT2D eigenvalue weighted by atomic mass is 10.1. The molecule has 1 aliphatic heterocycles. The van der Waals surface area contributed by atoms with E-state index in [0.717, 1.165) is 23.1 Å². The molecule has 2 aromatic heterocycles. The Morgan fingerprint density at radius 2 is 2.00 bits per heavy atom. The molecule has 0 spiro atoms. The van der Waals surface area contributed by atoms with Crippen LogP contribution in [0.4, 0.5) is 28.2 Å². The normalized spacial score (nSPS) is 18.8. The Morgan fingerprint density at radius 3 is 2.66 bits per heavy atom. The summed E-state index contributed by atoms with van der Waals surface area (Å²) in [5, 5.41) is 9.63. The highest BCUT2D eigenvalue weighted by Gasteiger charge is 2.47. The molecule has 7 nitrogen and oxygen atoms in total. The first-order chi connectivity index (χ1) is 15.1. The molecule has 1 fully saturated rings. The van der Waals surface area contributed by atoms with Gasteiger partial charge in [0.2, 0.25) is 0 Å². The highest BCUT2D eigenvalue weighted by Crippen LogP contribution is 2.39. The standard InChI is InChI=1S/C20H15ClF4N4O3/c1-10-6-11(20(23,24)25)7-16(27-10)29-17(15(9-30)32-19(29)31)18-26-4-5-28(18)12-2-3-14(22)13(21)8-12/h2-8,15,17,30H,9H2,1H3/t15-,17+/m1/s1. The van der Waals surface area contributed by atoms with E-state index in [0.29, 0.717) is 5.69 Å². The van der Waals surface area contributed by atoms with E-state index in [2.05, 4.69) is 9.97 Å². The van der Waals surface area contributed by atoms with Crippen LogP contribution in [0.1, 0.15) is 23.1 Å². The number of amides is 1. The first-order valence-electron chi connectivity index (χ1n) is 9.25. The van der Waals surface area contributed by atoms with E-state index >= 15 is 0 Å². The predicted molar refractivity (Wildman–Crippen MR) is 105 cm³/mol. The fourth-order valence-electron chi connectivity index (χ4n) is 3.51. The summed E-state index contributed by atoms with van der Waals surface area (Å²) >= 11 is 5.87. The summed E-state index contributed by atoms with van der Waals surface area (Å²) in [5.74, 6) is -0.806. The van der Waals surface area contributed by atoms with Crippen molar-refractivity contribution < 1.29 is 32.2 Å². The minimum atomic E-state index is -4.67. The second-order valence-corrected chi connectivity index (χ2v) is 7.43. The molecule has 4 rings (SSSR count). The summed E-state index contributed by atoms with van der Waals surface area (Å²) in [6, 6.07) is 4.33. The molecule has 32 heavy (non-hydrogen) atoms. The van der Waals surface area contributed by atoms with Crippen molar-refractivity contribution in [1.82, 2.24) is 14.5 Å². The van der Waals surface area contributed by atoms with E-state index < -0.39 is 42.4 Å². The zero-order valence-electron chi connectivity index (χ0n) is 16.3. The number of aliphatic hydroxyl groups is 1. The Balaban J connectivity index is 1.85. The van der Waals surface area contributed by atoms with Gasteiger partial charge in [-0.1, -0.05) is 11.6 Å². The Labute approximate surface area is 183 Å². The number of benzene rings is 1. The molecule has 1 N–H and O–H groups in total. The molecule has 2 atom stereocenters. The van der Waals surface area contributed by atoms with Gasteiger partial charge in [-0.15, -0.1) is 0 Å². The first-order valence-corrected chi connectivity index (χ1v) is 9.63. The lowest BCUT2D eigenvalue weighted by Crippen LogP contribution is -2.33. The van der Waals surface area contributed by atoms with E-state index in [-0.39, 0.29) is 22.4 Å². The average Bonchev–Trinajstić information content (AvgIpc) is 3.32. The summed E-state index contributed by atoms with van der Waals surface area (Å²) in [6.45, 7) is 0.738. The molecule has 0 saturated carbocycles. The molecule has 0 aliphatic carbocycles. The van der Waals surface area contributed by atoms with Crippen molar-refractivity contribution in [3.8, 4) is 5.69 Å². The van der Waals surface area contributed by atoms with Crippen LogP contribution in [0.15, 0.2) is 42.7 Å². The molecular weight excluding hydrogens is 456 g/mol. The lowest BCUT2D eigenvalue weighted by Gasteiger charge is -2.24. The fraction of sp³-hybridized carbons (Fsp3) is 0.250. The molecule has 12 heteroatoms. The maximum absolute atomic E-state index is 13.6. The van der Waals surface area contributed by atoms with Crippen molar-refractivity contribution in [2.75, 3.05) is 11.5 Å². The van der Waals surface area contributed by atoms with Crippen LogP contribution >= 0.6 is 11.6 Å². The summed E-state index contributed by atoms with van der Waals surface area (Å²) in [7, 11) is 0. The van der Waals surface area contributed by atoms with Crippen LogP contribution in [-0.2, 0) is 10.9 Å². The van der Waals surface area contributed by atoms with Crippen LogP contribution in [0.25, 0.3) is 5.69 Å². The summed E-state index contributed by atoms with van der Waals surface area (Å²) in [6.07, 6.45) is -3.92. The summed E-state index contributed by atoms with van der Waals surface area (Å²) in [5.41, 5.74) is -0.580. The monoisotopic (exact) mass is 470 g/mol. The van der Waals surface area contributed by atoms with Crippen molar-refractivity contribution >= 4 is 23.5 Å². The number of carbonyl (C=O) groups is 1. The molecule has 1 saturated heterocycles. The maximum Gasteiger partial charge on any atom is 0.416 e. The second-order valence-electron chi connectivity index (χ2n) is 7.03. The molecule has 1 aromatic carbocycles. The fourth-order valence-corrected chi connectivity index (χ4v) is 3.69. The number of anilines is 1. The Bertz CT molecular complexity index is 1180. The molecule has 3 aromatic rings. The van der Waals surface area contributed by atoms with E-state index in [9.17, 15) is 27.5 Å². The third-order valence-electron chi connectivity index (χ3n) is 4.89. The minimum absolute atomic E-state index is 0.0301. The third-order valence-corrected chi connectivity index (χ3v) is 5.18. The molecule has 0 unspecified atom stereocenters. The second kappa shape index (κ2) is 8.06. The number of alkyl halides is 3. The zero-order chi connectivity index (χ0) is 23.2. The van der Waals surface area contributed by atoms with Crippen molar-refractivity contribution in [3.05, 3.63) is 70.6 Å². The van der Waals surface area contributed by atoms with Gasteiger partial charge >= 0.3 is 12.3 Å². The van der Waals surface area contributed by atoms with Gasteiger partial charge in [-0.3, -0.25) is 0 Å². The third kappa shape index (κ3) is 3.89. The molecule has 0 radical (unpaired) electrons. The number of rotatable bonds is 4. The number of aromatic nitrogens is 3. The van der Waals surface area contributed by atoms with Crippen LogP contribution in [-0.4, -0.2) is 38.4 Å². The highest BCUT2D eigenvalue weighted by atomic mass is 35.5. The van der Waals surface area contributed by atoms with Crippen molar-refractivity contribution in [3.63, 3.8) is 0 Å². The van der Waals surface area contributed by atoms with E-state index in [1.165, 1.54) is 36.0 Å². The number of cyclic esters (lactones) is 1. The number of nitrogens with zero attached hydrogens (tertiary/aromatic N) is 4. The SMILES string of the molecule is Cc1cc(C(F)(F)F)cc(N2C(=O)O[C@H](CO)[C@H]2c2nccn2-c2ccc(F)c(Cl)c2)n1. The van der Waals surface area contributed by atoms with E-state index in [1.54, 1.807) is 0 Å². The summed E-state index contributed by atoms with van der Waals surface area (Å²) < 4.78 is 60.3. The predicted octanol–water partition coefficient (Wildman–Crippen LogP) is 4.45. The van der Waals surface area contributed by atoms with Crippen LogP contribution in [0.3, 0.4) is 0 Å². The van der Waals surface area contributed by atoms with Gasteiger partial charge in [0.1, 0.15) is 23.5 Å². The van der Waals surface area contributed by atoms with Crippen LogP contribution < -0.4 is 4.90 Å². The first kappa shape index (κ1) is 22.0. The number of halogens is 5. The Morgan fingerprint density at radius 1 is 1.25 bits per heavy atom. The van der Waals surface area contributed by atoms with Gasteiger partial charge in [-0.25, -0.2) is 24.1 Å². The average molecular weight is 471 g/mol. The smallest absolute Gasteiger partial charge is 0.416 e. The van der Waals surface area contributed by atoms with Crippen LogP contribution in [0.2, 0.25) is 5.02 Å². The maximum atomic E-state index is 13.6. The minimum Gasteiger partial charge on any atom is -0.441 e. The quantitative estimate of drug-likeness (QED) is 0.570. The number of imidazole rings is 1. The number of pyridine rings is 1. The number of ether oxygens (including phenoxy) is 1. The molecule has 3 heterocycles. The molecule has 1 amide bonds. The summed E-state index contributed by atoms with van der Waals surface area (Å²) in [4.78, 5) is 21.8. The molecular formula is C20H15ClF4N4O3. The van der Waals surface area contributed by atoms with Crippen molar-refractivity contribution in [2.45, 2.75) is 25.2 Å². The van der Waals surface area contributed by atoms with Gasteiger partial charge in [0.05, 0.1) is 17.2 Å². The Hall–Kier alpha value is -3.18.